The van der Waals surface area contributed by atoms with Crippen molar-refractivity contribution in [2.24, 2.45) is 0 Å². The van der Waals surface area contributed by atoms with Gasteiger partial charge in [0.25, 0.3) is 5.91 Å². The van der Waals surface area contributed by atoms with Gasteiger partial charge < -0.3 is 26.0 Å². The number of hydrogen-bond donors (Lipinski definition) is 3. The molecule has 8 heteroatoms. The van der Waals surface area contributed by atoms with Crippen LogP contribution < -0.4 is 16.0 Å². The van der Waals surface area contributed by atoms with E-state index in [2.05, 4.69) is 38.1 Å². The van der Waals surface area contributed by atoms with Gasteiger partial charge in [0.05, 0.1) is 11.3 Å². The van der Waals surface area contributed by atoms with Crippen LogP contribution in [-0.2, 0) is 0 Å². The van der Waals surface area contributed by atoms with Crippen LogP contribution in [0.4, 0.5) is 17.1 Å². The monoisotopic (exact) mass is 522 g/mol. The number of phenolic OH excluding ortho intramolecular Hbond substituents is 1. The number of aromatic hydroxyl groups is 1. The molecule has 1 fully saturated rings. The standard InChI is InChI=1S/C26H27BrN4O3/c1-30-13-2-14-31(16-15-30)20-9-5-18(6-10-20)26(34)29-23-22(28)12-11-21(25(23)33)24(32)17-3-7-19(27)8-4-17/h3-12,33H,2,13-16,28H2,1H3,(H,29,34). The highest BCUT2D eigenvalue weighted by atomic mass is 79.9. The molecule has 34 heavy (non-hydrogen) atoms. The van der Waals surface area contributed by atoms with E-state index in [0.717, 1.165) is 42.8 Å². The van der Waals surface area contributed by atoms with E-state index in [-0.39, 0.29) is 28.5 Å². The zero-order valence-electron chi connectivity index (χ0n) is 18.9. The molecule has 3 aromatic carbocycles. The fourth-order valence-electron chi connectivity index (χ4n) is 3.99. The van der Waals surface area contributed by atoms with Crippen molar-refractivity contribution in [1.82, 2.24) is 4.90 Å². The number of nitrogens with one attached hydrogen (secondary N) is 1. The van der Waals surface area contributed by atoms with Crippen molar-refractivity contribution in [2.45, 2.75) is 6.42 Å². The van der Waals surface area contributed by atoms with Gasteiger partial charge in [-0.05, 0) is 80.7 Å². The zero-order chi connectivity index (χ0) is 24.2. The first-order chi connectivity index (χ1) is 16.3. The SMILES string of the molecule is CN1CCCN(c2ccc(C(=O)Nc3c(N)ccc(C(=O)c4ccc(Br)cc4)c3O)cc2)CC1. The summed E-state index contributed by atoms with van der Waals surface area (Å²) in [6.07, 6.45) is 1.09. The lowest BCUT2D eigenvalue weighted by Crippen LogP contribution is -2.28. The summed E-state index contributed by atoms with van der Waals surface area (Å²) in [6, 6.07) is 17.1. The average Bonchev–Trinajstić information content (AvgIpc) is 3.06. The van der Waals surface area contributed by atoms with Gasteiger partial charge in [-0.1, -0.05) is 15.9 Å². The molecule has 1 aliphatic rings. The normalized spacial score (nSPS) is 14.5. The highest BCUT2D eigenvalue weighted by Crippen LogP contribution is 2.35. The molecule has 0 saturated carbocycles. The van der Waals surface area contributed by atoms with Gasteiger partial charge in [-0.3, -0.25) is 9.59 Å². The van der Waals surface area contributed by atoms with Crippen molar-refractivity contribution in [2.75, 3.05) is 49.2 Å². The number of rotatable bonds is 5. The van der Waals surface area contributed by atoms with E-state index in [9.17, 15) is 14.7 Å². The van der Waals surface area contributed by atoms with E-state index in [4.69, 9.17) is 5.73 Å². The van der Waals surface area contributed by atoms with Gasteiger partial charge in [0.2, 0.25) is 0 Å². The number of amides is 1. The van der Waals surface area contributed by atoms with Crippen LogP contribution in [0.25, 0.3) is 0 Å². The lowest BCUT2D eigenvalue weighted by atomic mass is 10.0. The molecule has 7 nitrogen and oxygen atoms in total. The number of anilines is 3. The Balaban J connectivity index is 1.52. The molecule has 0 aliphatic carbocycles. The molecule has 4 N–H and O–H groups in total. The highest BCUT2D eigenvalue weighted by molar-refractivity contribution is 9.10. The second-order valence-corrected chi connectivity index (χ2v) is 9.32. The summed E-state index contributed by atoms with van der Waals surface area (Å²) in [4.78, 5) is 30.4. The first-order valence-corrected chi connectivity index (χ1v) is 11.9. The molecule has 1 aliphatic heterocycles. The number of benzene rings is 3. The molecule has 176 valence electrons. The Hall–Kier alpha value is -3.36. The van der Waals surface area contributed by atoms with Gasteiger partial charge >= 0.3 is 0 Å². The predicted octanol–water partition coefficient (Wildman–Crippen LogP) is 4.36. The van der Waals surface area contributed by atoms with Gasteiger partial charge in [0.1, 0.15) is 5.69 Å². The molecular formula is C26H27BrN4O3. The van der Waals surface area contributed by atoms with Gasteiger partial charge in [0.15, 0.2) is 11.5 Å². The third-order valence-corrected chi connectivity index (χ3v) is 6.54. The molecule has 3 aromatic rings. The summed E-state index contributed by atoms with van der Waals surface area (Å²) >= 11 is 3.34. The van der Waals surface area contributed by atoms with Crippen molar-refractivity contribution in [1.29, 1.82) is 0 Å². The lowest BCUT2D eigenvalue weighted by Gasteiger charge is -2.23. The molecule has 4 rings (SSSR count). The first kappa shape index (κ1) is 23.8. The van der Waals surface area contributed by atoms with Crippen LogP contribution in [-0.4, -0.2) is 54.9 Å². The number of nitrogens with zero attached hydrogens (tertiary/aromatic N) is 2. The molecule has 0 unspecified atom stereocenters. The number of phenols is 1. The summed E-state index contributed by atoms with van der Waals surface area (Å²) in [5, 5.41) is 13.5. The second-order valence-electron chi connectivity index (χ2n) is 8.41. The smallest absolute Gasteiger partial charge is 0.255 e. The van der Waals surface area contributed by atoms with Crippen LogP contribution in [0, 0.1) is 0 Å². The van der Waals surface area contributed by atoms with Crippen molar-refractivity contribution >= 4 is 44.7 Å². The number of hydrogen-bond acceptors (Lipinski definition) is 6. The maximum absolute atomic E-state index is 12.9. The third-order valence-electron chi connectivity index (χ3n) is 6.01. The molecule has 0 aromatic heterocycles. The first-order valence-electron chi connectivity index (χ1n) is 11.1. The molecule has 0 spiro atoms. The number of carbonyl (C=O) groups is 2. The third kappa shape index (κ3) is 5.24. The maximum atomic E-state index is 12.9. The summed E-state index contributed by atoms with van der Waals surface area (Å²) in [6.45, 7) is 3.98. The number of carbonyl (C=O) groups excluding carboxylic acids is 2. The Kier molecular flexibility index (Phi) is 7.19. The number of ketones is 1. The Bertz CT molecular complexity index is 1200. The fraction of sp³-hybridized carbons (Fsp3) is 0.231. The van der Waals surface area contributed by atoms with Crippen molar-refractivity contribution in [3.8, 4) is 5.75 Å². The largest absolute Gasteiger partial charge is 0.505 e. The summed E-state index contributed by atoms with van der Waals surface area (Å²) in [5.41, 5.74) is 8.18. The molecule has 1 heterocycles. The van der Waals surface area contributed by atoms with Crippen LogP contribution >= 0.6 is 15.9 Å². The molecule has 1 amide bonds. The Morgan fingerprint density at radius 3 is 2.29 bits per heavy atom. The van der Waals surface area contributed by atoms with E-state index >= 15 is 0 Å². The molecule has 0 radical (unpaired) electrons. The second kappa shape index (κ2) is 10.3. The number of nitrogens with two attached hydrogens (primary N) is 1. The number of likely N-dealkylation sites (N-methyl/N-ethyl adjacent to an activating group) is 1. The Labute approximate surface area is 207 Å². The molecule has 0 bridgehead atoms. The zero-order valence-corrected chi connectivity index (χ0v) is 20.5. The van der Waals surface area contributed by atoms with Crippen LogP contribution in [0.3, 0.4) is 0 Å². The average molecular weight is 523 g/mol. The molecular weight excluding hydrogens is 496 g/mol. The van der Waals surface area contributed by atoms with Crippen LogP contribution in [0.2, 0.25) is 0 Å². The maximum Gasteiger partial charge on any atom is 0.255 e. The quantitative estimate of drug-likeness (QED) is 0.261. The van der Waals surface area contributed by atoms with E-state index in [1.54, 1.807) is 36.4 Å². The summed E-state index contributed by atoms with van der Waals surface area (Å²) in [5.74, 6) is -1.14. The topological polar surface area (TPSA) is 98.9 Å². The van der Waals surface area contributed by atoms with Crippen LogP contribution in [0.5, 0.6) is 5.75 Å². The minimum atomic E-state index is -0.419. The van der Waals surface area contributed by atoms with Crippen molar-refractivity contribution < 1.29 is 14.7 Å². The van der Waals surface area contributed by atoms with E-state index in [0.29, 0.717) is 11.1 Å². The highest BCUT2D eigenvalue weighted by Gasteiger charge is 2.20. The van der Waals surface area contributed by atoms with Crippen molar-refractivity contribution in [3.05, 3.63) is 81.8 Å². The van der Waals surface area contributed by atoms with Crippen LogP contribution in [0.15, 0.2) is 65.1 Å². The molecule has 0 atom stereocenters. The van der Waals surface area contributed by atoms with Gasteiger partial charge in [0, 0.05) is 40.9 Å². The van der Waals surface area contributed by atoms with Crippen molar-refractivity contribution in [3.63, 3.8) is 0 Å². The minimum absolute atomic E-state index is 0.0209. The van der Waals surface area contributed by atoms with Gasteiger partial charge in [-0.15, -0.1) is 0 Å². The fourth-order valence-corrected chi connectivity index (χ4v) is 4.26. The van der Waals surface area contributed by atoms with E-state index in [1.165, 1.54) is 12.1 Å². The van der Waals surface area contributed by atoms with Crippen LogP contribution in [0.1, 0.15) is 32.7 Å². The predicted molar refractivity (Wildman–Crippen MR) is 139 cm³/mol. The summed E-state index contributed by atoms with van der Waals surface area (Å²) < 4.78 is 0.840. The minimum Gasteiger partial charge on any atom is -0.505 e. The summed E-state index contributed by atoms with van der Waals surface area (Å²) in [7, 11) is 2.12. The Morgan fingerprint density at radius 2 is 1.59 bits per heavy atom. The lowest BCUT2D eigenvalue weighted by molar-refractivity contribution is 0.101. The van der Waals surface area contributed by atoms with E-state index in [1.807, 2.05) is 12.1 Å². The van der Waals surface area contributed by atoms with E-state index < -0.39 is 5.91 Å². The van der Waals surface area contributed by atoms with Gasteiger partial charge in [-0.25, -0.2) is 0 Å². The van der Waals surface area contributed by atoms with Gasteiger partial charge in [-0.2, -0.15) is 0 Å². The Morgan fingerprint density at radius 1 is 0.912 bits per heavy atom. The molecule has 1 saturated heterocycles. The number of nitrogen functional groups attached to an aromatic ring is 1. The number of halogens is 1.